The maximum Gasteiger partial charge on any atom is 0.337 e. The first-order chi connectivity index (χ1) is 20.7. The predicted molar refractivity (Wildman–Crippen MR) is 162 cm³/mol. The van der Waals surface area contributed by atoms with Gasteiger partial charge < -0.3 is 25.4 Å². The third-order valence-electron chi connectivity index (χ3n) is 6.83. The highest BCUT2D eigenvalue weighted by atomic mass is 16.4. The second-order valence-corrected chi connectivity index (χ2v) is 10.2. The molecule has 4 N–H and O–H groups in total. The van der Waals surface area contributed by atoms with Crippen LogP contribution < -0.4 is 22.3 Å². The molecule has 0 aliphatic rings. The number of amides is 1. The summed E-state index contributed by atoms with van der Waals surface area (Å²) in [5.74, 6) is 0.185. The second kappa shape index (κ2) is 10.9. The summed E-state index contributed by atoms with van der Waals surface area (Å²) >= 11 is 0. The van der Waals surface area contributed by atoms with Crippen LogP contribution in [0.3, 0.4) is 0 Å². The van der Waals surface area contributed by atoms with Gasteiger partial charge in [0.15, 0.2) is 5.52 Å². The van der Waals surface area contributed by atoms with Crippen molar-refractivity contribution in [2.24, 2.45) is 0 Å². The number of anilines is 2. The average Bonchev–Trinajstić information content (AvgIpc) is 3.57. The van der Waals surface area contributed by atoms with E-state index in [1.165, 1.54) is 4.68 Å². The molecular formula is C30H27N9O4. The first-order valence-electron chi connectivity index (χ1n) is 13.3. The number of rotatable bonds is 6. The lowest BCUT2D eigenvalue weighted by atomic mass is 9.99. The van der Waals surface area contributed by atoms with E-state index in [1.54, 1.807) is 43.3 Å². The minimum absolute atomic E-state index is 0.0160. The molecule has 0 aliphatic carbocycles. The molecule has 0 radical (unpaired) electrons. The molecule has 0 saturated heterocycles. The van der Waals surface area contributed by atoms with E-state index in [-0.39, 0.29) is 22.9 Å². The van der Waals surface area contributed by atoms with Crippen LogP contribution in [0.5, 0.6) is 0 Å². The number of carbonyl (C=O) groups is 1. The zero-order valence-corrected chi connectivity index (χ0v) is 23.5. The van der Waals surface area contributed by atoms with Crippen molar-refractivity contribution in [3.63, 3.8) is 0 Å². The smallest absolute Gasteiger partial charge is 0.337 e. The quantitative estimate of drug-likeness (QED) is 0.267. The molecule has 6 aromatic rings. The Balaban J connectivity index is 1.34. The van der Waals surface area contributed by atoms with E-state index in [0.29, 0.717) is 27.2 Å². The molecule has 216 valence electrons. The Morgan fingerprint density at radius 1 is 1.00 bits per heavy atom. The highest BCUT2D eigenvalue weighted by Crippen LogP contribution is 2.26. The monoisotopic (exact) mass is 577 g/mol. The van der Waals surface area contributed by atoms with Gasteiger partial charge in [0.1, 0.15) is 0 Å². The van der Waals surface area contributed by atoms with Gasteiger partial charge in [0.2, 0.25) is 5.89 Å². The maximum atomic E-state index is 13.7. The van der Waals surface area contributed by atoms with Gasteiger partial charge in [-0.1, -0.05) is 47.6 Å². The fourth-order valence-electron chi connectivity index (χ4n) is 4.92. The molecule has 13 heteroatoms. The average molecular weight is 578 g/mol. The van der Waals surface area contributed by atoms with Gasteiger partial charge in [-0.3, -0.25) is 4.79 Å². The van der Waals surface area contributed by atoms with E-state index in [0.717, 1.165) is 23.2 Å². The Morgan fingerprint density at radius 3 is 2.49 bits per heavy atom. The van der Waals surface area contributed by atoms with Crippen molar-refractivity contribution in [2.75, 3.05) is 25.1 Å². The Labute approximate surface area is 244 Å². The van der Waals surface area contributed by atoms with Crippen molar-refractivity contribution in [1.29, 1.82) is 0 Å². The summed E-state index contributed by atoms with van der Waals surface area (Å²) in [7, 11) is 4.02. The van der Waals surface area contributed by atoms with Gasteiger partial charge in [-0.15, -0.1) is 5.10 Å². The van der Waals surface area contributed by atoms with Crippen LogP contribution in [0.1, 0.15) is 11.3 Å². The minimum Gasteiger partial charge on any atom is -0.404 e. The number of aryl methyl sites for hydroxylation is 1. The van der Waals surface area contributed by atoms with Gasteiger partial charge in [0, 0.05) is 17.8 Å². The lowest BCUT2D eigenvalue weighted by Gasteiger charge is -2.15. The molecular weight excluding hydrogens is 550 g/mol. The van der Waals surface area contributed by atoms with Crippen LogP contribution in [0.15, 0.2) is 86.8 Å². The first kappa shape index (κ1) is 27.4. The molecule has 43 heavy (non-hydrogen) atoms. The number of nitrogen functional groups attached to an aromatic ring is 1. The Morgan fingerprint density at radius 2 is 1.77 bits per heavy atom. The zero-order chi connectivity index (χ0) is 30.2. The molecule has 0 aliphatic heterocycles. The van der Waals surface area contributed by atoms with E-state index in [1.807, 2.05) is 44.4 Å². The van der Waals surface area contributed by atoms with Gasteiger partial charge in [-0.2, -0.15) is 9.67 Å². The summed E-state index contributed by atoms with van der Waals surface area (Å²) in [4.78, 5) is 44.6. The fraction of sp³-hybridized carbons (Fsp3) is 0.133. The number of hydrogen-bond acceptors (Lipinski definition) is 9. The molecule has 1 amide bonds. The number of fused-ring (bicyclic) bond motifs is 1. The third kappa shape index (κ3) is 5.20. The lowest BCUT2D eigenvalue weighted by molar-refractivity contribution is 0.252. The van der Waals surface area contributed by atoms with Gasteiger partial charge in [0.05, 0.1) is 16.9 Å². The number of nitrogens with two attached hydrogens (primary N) is 1. The van der Waals surface area contributed by atoms with E-state index in [9.17, 15) is 14.4 Å². The Kier molecular flexibility index (Phi) is 6.92. The summed E-state index contributed by atoms with van der Waals surface area (Å²) in [6.45, 7) is 2.42. The number of nitrogens with zero attached hydrogens (tertiary/aromatic N) is 6. The summed E-state index contributed by atoms with van der Waals surface area (Å²) in [5.41, 5.74) is 9.09. The van der Waals surface area contributed by atoms with Gasteiger partial charge in [-0.05, 0) is 68.0 Å². The van der Waals surface area contributed by atoms with Crippen molar-refractivity contribution >= 4 is 28.8 Å². The number of hydrogen-bond donors (Lipinski definition) is 3. The van der Waals surface area contributed by atoms with Crippen LogP contribution in [0.2, 0.25) is 0 Å². The largest absolute Gasteiger partial charge is 0.404 e. The van der Waals surface area contributed by atoms with E-state index in [4.69, 9.17) is 10.2 Å². The molecule has 0 bridgehead atoms. The summed E-state index contributed by atoms with van der Waals surface area (Å²) in [5, 5.41) is 14.7. The van der Waals surface area contributed by atoms with Crippen LogP contribution >= 0.6 is 0 Å². The molecule has 6 rings (SSSR count). The number of aromatic nitrogens is 6. The SMILES string of the molecule is Cc1nn(-c2cccc(-c3nnc(N)o3)c2)c2c(=O)n(C(=O)Nc3ccc(-c4ccccc4CN(C)C)cc3)c(=O)[nH]c12. The van der Waals surface area contributed by atoms with E-state index < -0.39 is 17.3 Å². The number of nitrogens with one attached hydrogen (secondary N) is 2. The van der Waals surface area contributed by atoms with E-state index in [2.05, 4.69) is 36.6 Å². The van der Waals surface area contributed by atoms with Crippen molar-refractivity contribution in [1.82, 2.24) is 34.4 Å². The van der Waals surface area contributed by atoms with Crippen molar-refractivity contribution < 1.29 is 9.21 Å². The number of aromatic amines is 1. The van der Waals surface area contributed by atoms with Gasteiger partial charge in [-0.25, -0.2) is 14.3 Å². The molecule has 3 aromatic heterocycles. The van der Waals surface area contributed by atoms with Crippen LogP contribution in [-0.2, 0) is 6.54 Å². The van der Waals surface area contributed by atoms with Gasteiger partial charge >= 0.3 is 17.7 Å². The molecule has 0 atom stereocenters. The molecule has 3 heterocycles. The number of H-pyrrole nitrogens is 1. The molecule has 0 saturated carbocycles. The molecule has 0 unspecified atom stereocenters. The normalized spacial score (nSPS) is 11.3. The zero-order valence-electron chi connectivity index (χ0n) is 23.5. The Hall–Kier alpha value is -5.82. The maximum absolute atomic E-state index is 13.7. The standard InChI is InChI=1S/C30H27N9O4/c1-17-24-25(39(36-17)22-9-6-8-19(15-22)26-34-35-28(31)43-26)27(40)38(30(42)33-24)29(41)32-21-13-11-18(12-14-21)23-10-5-4-7-20(23)16-37(2)3/h4-15H,16H2,1-3H3,(H2,31,35)(H,32,41)(H,33,42). The number of benzene rings is 3. The molecule has 0 fully saturated rings. The van der Waals surface area contributed by atoms with Crippen molar-refractivity contribution in [2.45, 2.75) is 13.5 Å². The lowest BCUT2D eigenvalue weighted by Crippen LogP contribution is -2.42. The predicted octanol–water partition coefficient (Wildman–Crippen LogP) is 3.62. The van der Waals surface area contributed by atoms with Gasteiger partial charge in [0.25, 0.3) is 5.56 Å². The fourth-order valence-corrected chi connectivity index (χ4v) is 4.92. The summed E-state index contributed by atoms with van der Waals surface area (Å²) < 4.78 is 7.18. The highest BCUT2D eigenvalue weighted by molar-refractivity contribution is 5.92. The Bertz CT molecular complexity index is 2100. The summed E-state index contributed by atoms with van der Waals surface area (Å²) in [6, 6.07) is 21.1. The van der Waals surface area contributed by atoms with Crippen molar-refractivity contribution in [3.8, 4) is 28.3 Å². The summed E-state index contributed by atoms with van der Waals surface area (Å²) in [6.07, 6.45) is 0. The molecule has 0 spiro atoms. The topological polar surface area (TPSA) is 170 Å². The van der Waals surface area contributed by atoms with E-state index >= 15 is 0 Å². The molecule has 3 aromatic carbocycles. The van der Waals surface area contributed by atoms with Crippen molar-refractivity contribution in [3.05, 3.63) is 105 Å². The highest BCUT2D eigenvalue weighted by Gasteiger charge is 2.21. The first-order valence-corrected chi connectivity index (χ1v) is 13.3. The van der Waals surface area contributed by atoms with Crippen LogP contribution in [0.4, 0.5) is 16.5 Å². The van der Waals surface area contributed by atoms with Crippen LogP contribution in [0, 0.1) is 6.92 Å². The minimum atomic E-state index is -0.908. The number of carbonyl (C=O) groups excluding carboxylic acids is 1. The van der Waals surface area contributed by atoms with Crippen LogP contribution in [0.25, 0.3) is 39.3 Å². The second-order valence-electron chi connectivity index (χ2n) is 10.2. The van der Waals surface area contributed by atoms with Crippen LogP contribution in [-0.4, -0.2) is 54.6 Å². The third-order valence-corrected chi connectivity index (χ3v) is 6.83. The molecule has 13 nitrogen and oxygen atoms in total.